The number of nitriles is 1. The summed E-state index contributed by atoms with van der Waals surface area (Å²) in [5, 5.41) is 17.2. The lowest BCUT2D eigenvalue weighted by Crippen LogP contribution is -2.34. The Kier molecular flexibility index (Phi) is 3.48. The summed E-state index contributed by atoms with van der Waals surface area (Å²) in [6.07, 6.45) is 1.54. The van der Waals surface area contributed by atoms with Crippen LogP contribution in [0.25, 0.3) is 0 Å². The number of rotatable bonds is 3. The molecule has 0 bridgehead atoms. The van der Waals surface area contributed by atoms with E-state index >= 15 is 0 Å². The molecule has 102 valence electrons. The lowest BCUT2D eigenvalue weighted by atomic mass is 9.94. The minimum Gasteiger partial charge on any atom is -0.424 e. The van der Waals surface area contributed by atoms with Crippen LogP contribution in [-0.2, 0) is 19.4 Å². The molecule has 3 rings (SSSR count). The summed E-state index contributed by atoms with van der Waals surface area (Å²) < 4.78 is 5.69. The summed E-state index contributed by atoms with van der Waals surface area (Å²) in [6, 6.07) is 10.5. The molecular weight excluding hydrogens is 252 g/mol. The van der Waals surface area contributed by atoms with Gasteiger partial charge in [-0.05, 0) is 17.5 Å². The molecule has 2 aromatic rings. The van der Waals surface area contributed by atoms with Gasteiger partial charge in [-0.1, -0.05) is 31.2 Å². The average Bonchev–Trinajstić information content (AvgIpc) is 2.95. The van der Waals surface area contributed by atoms with Gasteiger partial charge in [-0.2, -0.15) is 5.26 Å². The van der Waals surface area contributed by atoms with Gasteiger partial charge in [-0.3, -0.25) is 4.90 Å². The summed E-state index contributed by atoms with van der Waals surface area (Å²) in [7, 11) is 0. The SMILES string of the molecule is CCc1nnc([C@H]2Cc3ccccc3CN2CC#N)o1. The monoisotopic (exact) mass is 268 g/mol. The van der Waals surface area contributed by atoms with Crippen molar-refractivity contribution in [1.82, 2.24) is 15.1 Å². The number of nitrogens with zero attached hydrogens (tertiary/aromatic N) is 4. The fraction of sp³-hybridized carbons (Fsp3) is 0.400. The van der Waals surface area contributed by atoms with Crippen LogP contribution in [0.4, 0.5) is 0 Å². The quantitative estimate of drug-likeness (QED) is 0.799. The molecule has 5 heteroatoms. The number of aryl methyl sites for hydroxylation is 1. The molecule has 0 saturated carbocycles. The third kappa shape index (κ3) is 2.30. The second-order valence-corrected chi connectivity index (χ2v) is 4.94. The molecule has 0 spiro atoms. The highest BCUT2D eigenvalue weighted by Crippen LogP contribution is 2.32. The smallest absolute Gasteiger partial charge is 0.233 e. The van der Waals surface area contributed by atoms with Crippen LogP contribution < -0.4 is 0 Å². The van der Waals surface area contributed by atoms with E-state index in [-0.39, 0.29) is 6.04 Å². The molecule has 0 N–H and O–H groups in total. The van der Waals surface area contributed by atoms with E-state index in [1.807, 2.05) is 19.1 Å². The third-order valence-electron chi connectivity index (χ3n) is 3.69. The zero-order valence-electron chi connectivity index (χ0n) is 11.4. The number of hydrogen-bond donors (Lipinski definition) is 0. The first-order valence-electron chi connectivity index (χ1n) is 6.82. The molecule has 20 heavy (non-hydrogen) atoms. The lowest BCUT2D eigenvalue weighted by molar-refractivity contribution is 0.164. The minimum atomic E-state index is -0.00245. The Bertz CT molecular complexity index is 643. The molecule has 1 aromatic heterocycles. The highest BCUT2D eigenvalue weighted by Gasteiger charge is 2.30. The Morgan fingerprint density at radius 2 is 2.15 bits per heavy atom. The number of aromatic nitrogens is 2. The average molecular weight is 268 g/mol. The number of hydrogen-bond acceptors (Lipinski definition) is 5. The summed E-state index contributed by atoms with van der Waals surface area (Å²) >= 11 is 0. The van der Waals surface area contributed by atoms with Crippen LogP contribution in [0.2, 0.25) is 0 Å². The molecule has 0 radical (unpaired) electrons. The Morgan fingerprint density at radius 3 is 2.85 bits per heavy atom. The fourth-order valence-electron chi connectivity index (χ4n) is 2.62. The second-order valence-electron chi connectivity index (χ2n) is 4.94. The van der Waals surface area contributed by atoms with Crippen molar-refractivity contribution in [3.05, 3.63) is 47.2 Å². The van der Waals surface area contributed by atoms with Gasteiger partial charge in [-0.15, -0.1) is 10.2 Å². The maximum atomic E-state index is 9.02. The maximum absolute atomic E-state index is 9.02. The first kappa shape index (κ1) is 12.8. The van der Waals surface area contributed by atoms with Crippen molar-refractivity contribution in [2.45, 2.75) is 32.4 Å². The van der Waals surface area contributed by atoms with Crippen LogP contribution in [0.5, 0.6) is 0 Å². The Labute approximate surface area is 117 Å². The summed E-state index contributed by atoms with van der Waals surface area (Å²) in [5.41, 5.74) is 2.57. The molecule has 0 aliphatic carbocycles. The predicted molar refractivity (Wildman–Crippen MR) is 72.6 cm³/mol. The summed E-state index contributed by atoms with van der Waals surface area (Å²) in [6.45, 7) is 3.10. The van der Waals surface area contributed by atoms with E-state index in [4.69, 9.17) is 9.68 Å². The molecule has 1 aromatic carbocycles. The minimum absolute atomic E-state index is 0.00245. The lowest BCUT2D eigenvalue weighted by Gasteiger charge is -2.33. The van der Waals surface area contributed by atoms with Crippen molar-refractivity contribution in [1.29, 1.82) is 5.26 Å². The van der Waals surface area contributed by atoms with Gasteiger partial charge >= 0.3 is 0 Å². The normalized spacial score (nSPS) is 18.5. The van der Waals surface area contributed by atoms with E-state index in [0.717, 1.165) is 19.4 Å². The third-order valence-corrected chi connectivity index (χ3v) is 3.69. The second kappa shape index (κ2) is 5.43. The number of benzene rings is 1. The molecule has 0 amide bonds. The summed E-state index contributed by atoms with van der Waals surface area (Å²) in [4.78, 5) is 2.09. The molecule has 5 nitrogen and oxygen atoms in total. The Hall–Kier alpha value is -2.19. The molecule has 0 unspecified atom stereocenters. The number of fused-ring (bicyclic) bond motifs is 1. The van der Waals surface area contributed by atoms with E-state index in [1.54, 1.807) is 0 Å². The first-order valence-corrected chi connectivity index (χ1v) is 6.82. The molecular formula is C15H16N4O. The summed E-state index contributed by atoms with van der Waals surface area (Å²) in [5.74, 6) is 1.27. The fourth-order valence-corrected chi connectivity index (χ4v) is 2.62. The molecule has 2 heterocycles. The van der Waals surface area contributed by atoms with Crippen LogP contribution in [-0.4, -0.2) is 21.6 Å². The van der Waals surface area contributed by atoms with Crippen molar-refractivity contribution in [2.24, 2.45) is 0 Å². The molecule has 0 fully saturated rings. The zero-order chi connectivity index (χ0) is 13.9. The van der Waals surface area contributed by atoms with E-state index in [0.29, 0.717) is 18.3 Å². The molecule has 1 aliphatic heterocycles. The molecule has 1 atom stereocenters. The highest BCUT2D eigenvalue weighted by molar-refractivity contribution is 5.31. The van der Waals surface area contributed by atoms with Gasteiger partial charge in [0.1, 0.15) is 0 Å². The first-order chi connectivity index (χ1) is 9.81. The van der Waals surface area contributed by atoms with Crippen molar-refractivity contribution >= 4 is 0 Å². The van der Waals surface area contributed by atoms with Crippen LogP contribution in [0.15, 0.2) is 28.7 Å². The Balaban J connectivity index is 1.93. The van der Waals surface area contributed by atoms with Crippen LogP contribution in [0, 0.1) is 11.3 Å². The van der Waals surface area contributed by atoms with Crippen molar-refractivity contribution in [2.75, 3.05) is 6.54 Å². The van der Waals surface area contributed by atoms with Gasteiger partial charge in [0.25, 0.3) is 0 Å². The van der Waals surface area contributed by atoms with Crippen molar-refractivity contribution in [3.8, 4) is 6.07 Å². The van der Waals surface area contributed by atoms with E-state index in [1.165, 1.54) is 11.1 Å². The highest BCUT2D eigenvalue weighted by atomic mass is 16.4. The van der Waals surface area contributed by atoms with Crippen molar-refractivity contribution in [3.63, 3.8) is 0 Å². The standard InChI is InChI=1S/C15H16N4O/c1-2-14-17-18-15(20-14)13-9-11-5-3-4-6-12(11)10-19(13)8-7-16/h3-6,13H,2,8-10H2,1H3/t13-/m1/s1. The van der Waals surface area contributed by atoms with E-state index in [2.05, 4.69) is 33.3 Å². The van der Waals surface area contributed by atoms with Gasteiger partial charge in [0.15, 0.2) is 0 Å². The van der Waals surface area contributed by atoms with Gasteiger partial charge in [0.2, 0.25) is 11.8 Å². The van der Waals surface area contributed by atoms with Crippen LogP contribution >= 0.6 is 0 Å². The van der Waals surface area contributed by atoms with Gasteiger partial charge < -0.3 is 4.42 Å². The van der Waals surface area contributed by atoms with Gasteiger partial charge in [0.05, 0.1) is 18.7 Å². The largest absolute Gasteiger partial charge is 0.424 e. The van der Waals surface area contributed by atoms with E-state index < -0.39 is 0 Å². The van der Waals surface area contributed by atoms with Crippen LogP contribution in [0.3, 0.4) is 0 Å². The van der Waals surface area contributed by atoms with E-state index in [9.17, 15) is 0 Å². The predicted octanol–water partition coefficient (Wildman–Crippen LogP) is 2.25. The van der Waals surface area contributed by atoms with Crippen LogP contribution in [0.1, 0.15) is 35.9 Å². The molecule has 1 aliphatic rings. The van der Waals surface area contributed by atoms with Crippen molar-refractivity contribution < 1.29 is 4.42 Å². The maximum Gasteiger partial charge on any atom is 0.233 e. The molecule has 0 saturated heterocycles. The Morgan fingerprint density at radius 1 is 1.35 bits per heavy atom. The topological polar surface area (TPSA) is 66.0 Å². The zero-order valence-corrected chi connectivity index (χ0v) is 11.4. The van der Waals surface area contributed by atoms with Gasteiger partial charge in [-0.25, -0.2) is 0 Å². The van der Waals surface area contributed by atoms with Gasteiger partial charge in [0, 0.05) is 13.0 Å².